The van der Waals surface area contributed by atoms with Crippen molar-refractivity contribution in [3.05, 3.63) is 24.3 Å². The molecule has 1 aromatic rings. The van der Waals surface area contributed by atoms with Crippen LogP contribution in [0.15, 0.2) is 29.2 Å². The van der Waals surface area contributed by atoms with E-state index in [4.69, 9.17) is 0 Å². The monoisotopic (exact) mass is 408 g/mol. The highest BCUT2D eigenvalue weighted by atomic mass is 32.2. The lowest BCUT2D eigenvalue weighted by Gasteiger charge is -2.19. The Kier molecular flexibility index (Phi) is 5.44. The predicted octanol–water partition coefficient (Wildman–Crippen LogP) is 1.18. The molecule has 1 aromatic carbocycles. The van der Waals surface area contributed by atoms with E-state index in [0.29, 0.717) is 18.5 Å². The molecule has 1 saturated heterocycles. The molecule has 0 aromatic heterocycles. The van der Waals surface area contributed by atoms with Crippen LogP contribution < -0.4 is 15.4 Å². The molecule has 0 atom stereocenters. The van der Waals surface area contributed by atoms with Crippen LogP contribution in [0.1, 0.15) is 39.5 Å². The number of benzene rings is 1. The Balaban J connectivity index is 1.62. The Hall–Kier alpha value is -2.46. The molecule has 10 heteroatoms. The molecule has 3 rings (SSSR count). The molecule has 2 aliphatic rings. The highest BCUT2D eigenvalue weighted by Gasteiger charge is 2.52. The summed E-state index contributed by atoms with van der Waals surface area (Å²) in [6, 6.07) is 4.87. The zero-order chi connectivity index (χ0) is 20.5. The van der Waals surface area contributed by atoms with E-state index < -0.39 is 27.5 Å². The maximum Gasteiger partial charge on any atom is 0.325 e. The summed E-state index contributed by atoms with van der Waals surface area (Å²) in [5.41, 5.74) is -0.479. The van der Waals surface area contributed by atoms with Gasteiger partial charge in [0.2, 0.25) is 15.9 Å². The van der Waals surface area contributed by atoms with Crippen LogP contribution in [0.25, 0.3) is 0 Å². The van der Waals surface area contributed by atoms with Gasteiger partial charge in [0.15, 0.2) is 0 Å². The lowest BCUT2D eigenvalue weighted by atomic mass is 9.98. The fourth-order valence-electron chi connectivity index (χ4n) is 3.58. The van der Waals surface area contributed by atoms with E-state index in [1.807, 2.05) is 0 Å². The largest absolute Gasteiger partial charge is 0.325 e. The van der Waals surface area contributed by atoms with Gasteiger partial charge in [0.25, 0.3) is 5.91 Å². The average Bonchev–Trinajstić information content (AvgIpc) is 3.15. The fourth-order valence-corrected chi connectivity index (χ4v) is 4.83. The highest BCUT2D eigenvalue weighted by molar-refractivity contribution is 7.89. The van der Waals surface area contributed by atoms with Crippen LogP contribution in [0.4, 0.5) is 10.5 Å². The third-order valence-electron chi connectivity index (χ3n) is 4.84. The van der Waals surface area contributed by atoms with E-state index in [0.717, 1.165) is 17.7 Å². The second-order valence-electron chi connectivity index (χ2n) is 7.46. The number of carbonyl (C=O) groups excluding carboxylic acids is 3. The van der Waals surface area contributed by atoms with Gasteiger partial charge in [0, 0.05) is 11.7 Å². The number of hydrogen-bond acceptors (Lipinski definition) is 5. The minimum atomic E-state index is -3.62. The molecule has 0 radical (unpaired) electrons. The number of hydrogen-bond donors (Lipinski definition) is 3. The topological polar surface area (TPSA) is 125 Å². The Morgan fingerprint density at radius 3 is 2.36 bits per heavy atom. The summed E-state index contributed by atoms with van der Waals surface area (Å²) < 4.78 is 26.7. The van der Waals surface area contributed by atoms with Gasteiger partial charge in [0.05, 0.1) is 4.90 Å². The minimum absolute atomic E-state index is 0.0801. The lowest BCUT2D eigenvalue weighted by molar-refractivity contribution is -0.133. The third kappa shape index (κ3) is 4.02. The zero-order valence-electron chi connectivity index (χ0n) is 15.8. The minimum Gasteiger partial charge on any atom is -0.325 e. The fraction of sp³-hybridized carbons (Fsp3) is 0.500. The lowest BCUT2D eigenvalue weighted by Crippen LogP contribution is -2.44. The first-order valence-electron chi connectivity index (χ1n) is 9.19. The SMILES string of the molecule is CC(C)NS(=O)(=O)c1ccc(NC(=O)CN2C(=O)NC3(CCCC3)C2=O)cc1. The molecule has 1 aliphatic carbocycles. The number of amides is 4. The van der Waals surface area contributed by atoms with Crippen molar-refractivity contribution in [2.45, 2.75) is 56.0 Å². The molecule has 4 amide bonds. The quantitative estimate of drug-likeness (QED) is 0.610. The van der Waals surface area contributed by atoms with E-state index in [2.05, 4.69) is 15.4 Å². The molecule has 152 valence electrons. The van der Waals surface area contributed by atoms with Crippen LogP contribution in [0.5, 0.6) is 0 Å². The van der Waals surface area contributed by atoms with Crippen molar-refractivity contribution in [3.63, 3.8) is 0 Å². The zero-order valence-corrected chi connectivity index (χ0v) is 16.6. The summed E-state index contributed by atoms with van der Waals surface area (Å²) in [6.07, 6.45) is 2.92. The van der Waals surface area contributed by atoms with Gasteiger partial charge in [0.1, 0.15) is 12.1 Å². The predicted molar refractivity (Wildman–Crippen MR) is 102 cm³/mol. The van der Waals surface area contributed by atoms with E-state index in [-0.39, 0.29) is 23.4 Å². The standard InChI is InChI=1S/C18H24N4O5S/c1-12(2)21-28(26,27)14-7-5-13(6-8-14)19-15(23)11-22-16(24)18(20-17(22)25)9-3-4-10-18/h5-8,12,21H,3-4,9-11H2,1-2H3,(H,19,23)(H,20,25). The maximum atomic E-state index is 12.6. The average molecular weight is 408 g/mol. The molecule has 28 heavy (non-hydrogen) atoms. The van der Waals surface area contributed by atoms with Gasteiger partial charge in [-0.1, -0.05) is 12.8 Å². The van der Waals surface area contributed by atoms with Crippen LogP contribution in [0.2, 0.25) is 0 Å². The van der Waals surface area contributed by atoms with Crippen molar-refractivity contribution in [2.75, 3.05) is 11.9 Å². The second kappa shape index (κ2) is 7.51. The molecule has 0 bridgehead atoms. The van der Waals surface area contributed by atoms with Gasteiger partial charge in [-0.05, 0) is 51.0 Å². The highest BCUT2D eigenvalue weighted by Crippen LogP contribution is 2.34. The molecule has 9 nitrogen and oxygen atoms in total. The number of sulfonamides is 1. The van der Waals surface area contributed by atoms with E-state index in [9.17, 15) is 22.8 Å². The molecule has 0 unspecified atom stereocenters. The van der Waals surface area contributed by atoms with Crippen molar-refractivity contribution in [2.24, 2.45) is 0 Å². The van der Waals surface area contributed by atoms with Crippen molar-refractivity contribution in [3.8, 4) is 0 Å². The summed E-state index contributed by atoms with van der Waals surface area (Å²) in [7, 11) is -3.62. The normalized spacial score (nSPS) is 18.8. The van der Waals surface area contributed by atoms with Crippen LogP contribution in [-0.2, 0) is 19.6 Å². The summed E-state index contributed by atoms with van der Waals surface area (Å²) in [6.45, 7) is 3.05. The summed E-state index contributed by atoms with van der Waals surface area (Å²) in [4.78, 5) is 38.0. The van der Waals surface area contributed by atoms with Gasteiger partial charge in [-0.3, -0.25) is 14.5 Å². The molecule has 1 spiro atoms. The Morgan fingerprint density at radius 1 is 1.18 bits per heavy atom. The third-order valence-corrected chi connectivity index (χ3v) is 6.52. The summed E-state index contributed by atoms with van der Waals surface area (Å²) >= 11 is 0. The molecule has 3 N–H and O–H groups in total. The first-order chi connectivity index (χ1) is 13.1. The molecular weight excluding hydrogens is 384 g/mol. The van der Waals surface area contributed by atoms with Crippen LogP contribution in [0, 0.1) is 0 Å². The first kappa shape index (κ1) is 20.3. The maximum absolute atomic E-state index is 12.6. The van der Waals surface area contributed by atoms with Crippen molar-refractivity contribution >= 4 is 33.6 Å². The van der Waals surface area contributed by atoms with Crippen LogP contribution in [-0.4, -0.2) is 49.3 Å². The second-order valence-corrected chi connectivity index (χ2v) is 9.17. The number of anilines is 1. The molecule has 1 heterocycles. The molecule has 2 fully saturated rings. The van der Waals surface area contributed by atoms with Crippen LogP contribution in [0.3, 0.4) is 0 Å². The van der Waals surface area contributed by atoms with Gasteiger partial charge in [-0.2, -0.15) is 0 Å². The number of nitrogens with one attached hydrogen (secondary N) is 3. The molecule has 1 aliphatic heterocycles. The van der Waals surface area contributed by atoms with Crippen molar-refractivity contribution < 1.29 is 22.8 Å². The first-order valence-corrected chi connectivity index (χ1v) is 10.7. The number of carbonyl (C=O) groups is 3. The number of imide groups is 1. The Bertz CT molecular complexity index is 889. The Labute approximate surface area is 163 Å². The van der Waals surface area contributed by atoms with E-state index in [1.54, 1.807) is 13.8 Å². The molecule has 1 saturated carbocycles. The summed E-state index contributed by atoms with van der Waals surface area (Å²) in [5.74, 6) is -0.888. The molecular formula is C18H24N4O5S. The summed E-state index contributed by atoms with van der Waals surface area (Å²) in [5, 5.41) is 5.30. The number of urea groups is 1. The smallest absolute Gasteiger partial charge is 0.325 e. The number of nitrogens with zero attached hydrogens (tertiary/aromatic N) is 1. The van der Waals surface area contributed by atoms with Crippen LogP contribution >= 0.6 is 0 Å². The van der Waals surface area contributed by atoms with E-state index in [1.165, 1.54) is 24.3 Å². The van der Waals surface area contributed by atoms with Crippen molar-refractivity contribution in [1.82, 2.24) is 14.9 Å². The van der Waals surface area contributed by atoms with Gasteiger partial charge >= 0.3 is 6.03 Å². The van der Waals surface area contributed by atoms with E-state index >= 15 is 0 Å². The van der Waals surface area contributed by atoms with Gasteiger partial charge in [-0.25, -0.2) is 17.9 Å². The van der Waals surface area contributed by atoms with Gasteiger partial charge < -0.3 is 10.6 Å². The van der Waals surface area contributed by atoms with Gasteiger partial charge in [-0.15, -0.1) is 0 Å². The number of rotatable bonds is 6. The van der Waals surface area contributed by atoms with Crippen molar-refractivity contribution in [1.29, 1.82) is 0 Å². The Morgan fingerprint density at radius 2 is 1.79 bits per heavy atom.